The average Bonchev–Trinajstić information content (AvgIpc) is 3.22. The van der Waals surface area contributed by atoms with Crippen LogP contribution in [-0.4, -0.2) is 71.4 Å². The second kappa shape index (κ2) is 8.40. The van der Waals surface area contributed by atoms with Crippen molar-refractivity contribution in [1.82, 2.24) is 19.6 Å². The number of fused-ring (bicyclic) bond motifs is 1. The molecule has 1 amide bonds. The number of carbonyl (C=O) groups excluding carboxylic acids is 1. The van der Waals surface area contributed by atoms with Gasteiger partial charge in [-0.15, -0.1) is 0 Å². The minimum atomic E-state index is -0.232. The van der Waals surface area contributed by atoms with Gasteiger partial charge in [-0.3, -0.25) is 9.48 Å². The number of halogens is 1. The van der Waals surface area contributed by atoms with Crippen LogP contribution in [-0.2, 0) is 16.1 Å². The lowest BCUT2D eigenvalue weighted by atomic mass is 9.75. The summed E-state index contributed by atoms with van der Waals surface area (Å²) < 4.78 is 21.9. The quantitative estimate of drug-likeness (QED) is 0.760. The number of allylic oxidation sites excluding steroid dienone is 2. The van der Waals surface area contributed by atoms with Crippen molar-refractivity contribution < 1.29 is 13.9 Å². The molecule has 1 aromatic heterocycles. The van der Waals surface area contributed by atoms with Crippen molar-refractivity contribution in [2.45, 2.75) is 44.2 Å². The van der Waals surface area contributed by atoms with Crippen LogP contribution in [0.25, 0.3) is 0 Å². The van der Waals surface area contributed by atoms with Crippen LogP contribution >= 0.6 is 0 Å². The molecule has 0 saturated carbocycles. The number of likely N-dealkylation sites (tertiary alicyclic amines) is 1. The molecule has 3 aliphatic rings. The summed E-state index contributed by atoms with van der Waals surface area (Å²) in [6.45, 7) is 3.75. The Morgan fingerprint density at radius 3 is 2.76 bits per heavy atom. The molecule has 4 rings (SSSR count). The lowest BCUT2D eigenvalue weighted by molar-refractivity contribution is -0.134. The van der Waals surface area contributed by atoms with Crippen LogP contribution in [0.5, 0.6) is 0 Å². The minimum Gasteiger partial charge on any atom is -0.370 e. The van der Waals surface area contributed by atoms with Gasteiger partial charge in [-0.05, 0) is 49.0 Å². The van der Waals surface area contributed by atoms with E-state index in [2.05, 4.69) is 10.00 Å². The van der Waals surface area contributed by atoms with Gasteiger partial charge in [0.25, 0.3) is 0 Å². The zero-order chi connectivity index (χ0) is 20.4. The van der Waals surface area contributed by atoms with Crippen LogP contribution in [0.1, 0.15) is 32.1 Å². The molecule has 3 heterocycles. The third-order valence-corrected chi connectivity index (χ3v) is 6.53. The van der Waals surface area contributed by atoms with Gasteiger partial charge in [0.05, 0.1) is 24.7 Å². The van der Waals surface area contributed by atoms with Gasteiger partial charge >= 0.3 is 0 Å². The highest BCUT2D eigenvalue weighted by Gasteiger charge is 2.43. The molecular formula is C22H31FN4O2. The fourth-order valence-corrected chi connectivity index (χ4v) is 5.01. The maximum atomic E-state index is 13.7. The Morgan fingerprint density at radius 1 is 1.28 bits per heavy atom. The fraction of sp³-hybridized carbons (Fsp3) is 0.636. The number of aromatic nitrogens is 2. The van der Waals surface area contributed by atoms with E-state index >= 15 is 0 Å². The van der Waals surface area contributed by atoms with E-state index in [9.17, 15) is 9.18 Å². The number of carbonyl (C=O) groups is 1. The highest BCUT2D eigenvalue weighted by molar-refractivity contribution is 5.78. The molecule has 1 aliphatic carbocycles. The van der Waals surface area contributed by atoms with E-state index in [4.69, 9.17) is 4.74 Å². The maximum absolute atomic E-state index is 13.7. The van der Waals surface area contributed by atoms with E-state index in [1.165, 1.54) is 5.57 Å². The smallest absolute Gasteiger partial charge is 0.228 e. The van der Waals surface area contributed by atoms with Crippen LogP contribution in [0.15, 0.2) is 41.5 Å². The summed E-state index contributed by atoms with van der Waals surface area (Å²) in [6.07, 6.45) is 9.30. The Morgan fingerprint density at radius 2 is 2.07 bits per heavy atom. The monoisotopic (exact) mass is 402 g/mol. The molecule has 1 atom stereocenters. The minimum absolute atomic E-state index is 0.00176. The molecule has 1 unspecified atom stereocenters. The van der Waals surface area contributed by atoms with E-state index in [0.717, 1.165) is 44.3 Å². The van der Waals surface area contributed by atoms with E-state index in [1.54, 1.807) is 17.2 Å². The van der Waals surface area contributed by atoms with Crippen molar-refractivity contribution in [3.05, 3.63) is 41.5 Å². The molecule has 29 heavy (non-hydrogen) atoms. The number of ether oxygens (including phenoxy) is 1. The standard InChI is InChI=1S/C22H31FN4O2/c1-25(2)21(28)18(16-27-10-3-9-24-27)15-26-11-7-22(8-12-26)20-5-4-19(23)14-17(20)6-13-29-22/h3,9-10,14,18H,4-8,11-13,15-16H2,1-2H3. The van der Waals surface area contributed by atoms with Crippen LogP contribution in [0.2, 0.25) is 0 Å². The molecular weight excluding hydrogens is 371 g/mol. The molecule has 1 aromatic rings. The first kappa shape index (κ1) is 20.3. The van der Waals surface area contributed by atoms with E-state index < -0.39 is 0 Å². The largest absolute Gasteiger partial charge is 0.370 e. The molecule has 1 spiro atoms. The number of piperidine rings is 1. The van der Waals surface area contributed by atoms with Crippen LogP contribution in [0, 0.1) is 5.92 Å². The molecule has 7 heteroatoms. The average molecular weight is 403 g/mol. The summed E-state index contributed by atoms with van der Waals surface area (Å²) in [5, 5.41) is 4.28. The third-order valence-electron chi connectivity index (χ3n) is 6.53. The number of nitrogens with zero attached hydrogens (tertiary/aromatic N) is 4. The molecule has 158 valence electrons. The van der Waals surface area contributed by atoms with Gasteiger partial charge in [-0.1, -0.05) is 0 Å². The van der Waals surface area contributed by atoms with Crippen molar-refractivity contribution in [2.24, 2.45) is 5.92 Å². The van der Waals surface area contributed by atoms with Crippen molar-refractivity contribution in [1.29, 1.82) is 0 Å². The van der Waals surface area contributed by atoms with Crippen LogP contribution in [0.3, 0.4) is 0 Å². The molecule has 0 N–H and O–H groups in total. The second-order valence-corrected chi connectivity index (χ2v) is 8.65. The molecule has 6 nitrogen and oxygen atoms in total. The number of rotatable bonds is 5. The molecule has 0 radical (unpaired) electrons. The summed E-state index contributed by atoms with van der Waals surface area (Å²) in [4.78, 5) is 16.8. The molecule has 0 bridgehead atoms. The Hall–Kier alpha value is -1.99. The van der Waals surface area contributed by atoms with Crippen molar-refractivity contribution in [2.75, 3.05) is 40.3 Å². The second-order valence-electron chi connectivity index (χ2n) is 8.65. The highest BCUT2D eigenvalue weighted by atomic mass is 19.1. The summed E-state index contributed by atoms with van der Waals surface area (Å²) in [5.41, 5.74) is 2.25. The van der Waals surface area contributed by atoms with Crippen LogP contribution < -0.4 is 0 Å². The zero-order valence-electron chi connectivity index (χ0n) is 17.4. The highest BCUT2D eigenvalue weighted by Crippen LogP contribution is 2.44. The zero-order valence-corrected chi connectivity index (χ0v) is 17.4. The molecule has 1 saturated heterocycles. The molecule has 1 fully saturated rings. The first-order valence-corrected chi connectivity index (χ1v) is 10.6. The molecule has 2 aliphatic heterocycles. The van der Waals surface area contributed by atoms with Crippen LogP contribution in [0.4, 0.5) is 4.39 Å². The van der Waals surface area contributed by atoms with E-state index in [1.807, 2.05) is 31.0 Å². The number of amides is 1. The fourth-order valence-electron chi connectivity index (χ4n) is 5.01. The Kier molecular flexibility index (Phi) is 5.88. The number of hydrogen-bond donors (Lipinski definition) is 0. The van der Waals surface area contributed by atoms with Gasteiger partial charge in [0, 0.05) is 52.5 Å². The van der Waals surface area contributed by atoms with Crippen molar-refractivity contribution in [3.8, 4) is 0 Å². The van der Waals surface area contributed by atoms with Gasteiger partial charge in [-0.25, -0.2) is 4.39 Å². The first-order valence-electron chi connectivity index (χ1n) is 10.6. The topological polar surface area (TPSA) is 50.6 Å². The van der Waals surface area contributed by atoms with E-state index in [0.29, 0.717) is 26.1 Å². The summed E-state index contributed by atoms with van der Waals surface area (Å²) >= 11 is 0. The lowest BCUT2D eigenvalue weighted by Crippen LogP contribution is -2.51. The summed E-state index contributed by atoms with van der Waals surface area (Å²) in [7, 11) is 3.62. The van der Waals surface area contributed by atoms with Gasteiger partial charge in [0.15, 0.2) is 0 Å². The Balaban J connectivity index is 1.43. The maximum Gasteiger partial charge on any atom is 0.228 e. The van der Waals surface area contributed by atoms with Gasteiger partial charge in [-0.2, -0.15) is 5.10 Å². The lowest BCUT2D eigenvalue weighted by Gasteiger charge is -2.47. The third kappa shape index (κ3) is 4.31. The van der Waals surface area contributed by atoms with E-state index in [-0.39, 0.29) is 23.3 Å². The number of hydrogen-bond acceptors (Lipinski definition) is 4. The van der Waals surface area contributed by atoms with Crippen molar-refractivity contribution in [3.63, 3.8) is 0 Å². The Labute approximate surface area is 172 Å². The van der Waals surface area contributed by atoms with Gasteiger partial charge < -0.3 is 14.5 Å². The summed E-state index contributed by atoms with van der Waals surface area (Å²) in [6, 6.07) is 1.88. The SMILES string of the molecule is CN(C)C(=O)C(CN1CCC2(CC1)OCCC1=C2CCC(F)=C1)Cn1cccn1. The van der Waals surface area contributed by atoms with Gasteiger partial charge in [0.1, 0.15) is 5.83 Å². The Bertz CT molecular complexity index is 792. The normalized spacial score (nSPS) is 22.9. The molecule has 0 aromatic carbocycles. The first-order chi connectivity index (χ1) is 14.0. The predicted octanol–water partition coefficient (Wildman–Crippen LogP) is 2.79. The predicted molar refractivity (Wildman–Crippen MR) is 109 cm³/mol. The summed E-state index contributed by atoms with van der Waals surface area (Å²) in [5.74, 6) is 0.00204. The van der Waals surface area contributed by atoms with Gasteiger partial charge in [0.2, 0.25) is 5.91 Å². The van der Waals surface area contributed by atoms with Crippen molar-refractivity contribution >= 4 is 5.91 Å².